The number of rotatable bonds is 6. The fourth-order valence-electron chi connectivity index (χ4n) is 1.58. The van der Waals surface area contributed by atoms with E-state index < -0.39 is 4.92 Å². The van der Waals surface area contributed by atoms with Crippen LogP contribution < -0.4 is 5.32 Å². The number of hydrogen-bond acceptors (Lipinski definition) is 5. The molecule has 6 nitrogen and oxygen atoms in total. The Morgan fingerprint density at radius 1 is 1.56 bits per heavy atom. The second-order valence-electron chi connectivity index (χ2n) is 4.05. The summed E-state index contributed by atoms with van der Waals surface area (Å²) in [7, 11) is 1.56. The molecule has 6 heteroatoms. The summed E-state index contributed by atoms with van der Waals surface area (Å²) < 4.78 is 4.95. The molecule has 1 rings (SSSR count). The molecular weight excluding hydrogens is 236 g/mol. The Bertz CT molecular complexity index is 459. The highest BCUT2D eigenvalue weighted by molar-refractivity contribution is 5.95. The molecule has 0 heterocycles. The zero-order valence-electron chi connectivity index (χ0n) is 10.6. The molecule has 0 radical (unpaired) electrons. The van der Waals surface area contributed by atoms with Crippen molar-refractivity contribution >= 4 is 17.2 Å². The maximum Gasteiger partial charge on any atom is 0.293 e. The number of nitrogens with zero attached hydrogens (tertiary/aromatic N) is 1. The molecule has 0 saturated heterocycles. The van der Waals surface area contributed by atoms with E-state index in [4.69, 9.17) is 4.74 Å². The van der Waals surface area contributed by atoms with Crippen LogP contribution in [0.25, 0.3) is 0 Å². The summed E-state index contributed by atoms with van der Waals surface area (Å²) in [6.45, 7) is 3.66. The number of anilines is 1. The van der Waals surface area contributed by atoms with Gasteiger partial charge in [-0.25, -0.2) is 0 Å². The summed E-state index contributed by atoms with van der Waals surface area (Å²) in [6.07, 6.45) is 0. The number of benzene rings is 1. The van der Waals surface area contributed by atoms with Crippen LogP contribution in [0.5, 0.6) is 0 Å². The summed E-state index contributed by atoms with van der Waals surface area (Å²) in [5.41, 5.74) is 0.604. The van der Waals surface area contributed by atoms with Gasteiger partial charge in [0, 0.05) is 24.8 Å². The van der Waals surface area contributed by atoms with Gasteiger partial charge in [0.15, 0.2) is 5.78 Å². The number of Topliss-reactive ketones (excluding diaryl/α,β-unsaturated/α-hetero) is 1. The lowest BCUT2D eigenvalue weighted by Crippen LogP contribution is -2.21. The van der Waals surface area contributed by atoms with Crippen molar-refractivity contribution in [2.45, 2.75) is 19.9 Å². The van der Waals surface area contributed by atoms with Crippen LogP contribution in [0.2, 0.25) is 0 Å². The van der Waals surface area contributed by atoms with Crippen molar-refractivity contribution in [2.24, 2.45) is 0 Å². The van der Waals surface area contributed by atoms with Gasteiger partial charge >= 0.3 is 0 Å². The van der Waals surface area contributed by atoms with Gasteiger partial charge in [0.2, 0.25) is 0 Å². The van der Waals surface area contributed by atoms with Gasteiger partial charge in [-0.1, -0.05) is 0 Å². The quantitative estimate of drug-likeness (QED) is 0.477. The Balaban J connectivity index is 3.04. The molecule has 0 spiro atoms. The summed E-state index contributed by atoms with van der Waals surface area (Å²) in [4.78, 5) is 21.6. The third kappa shape index (κ3) is 3.53. The van der Waals surface area contributed by atoms with Crippen LogP contribution >= 0.6 is 0 Å². The fraction of sp³-hybridized carbons (Fsp3) is 0.417. The minimum absolute atomic E-state index is 0.0584. The van der Waals surface area contributed by atoms with Gasteiger partial charge in [0.25, 0.3) is 5.69 Å². The smallest absolute Gasteiger partial charge is 0.293 e. The maximum absolute atomic E-state index is 11.2. The monoisotopic (exact) mass is 252 g/mol. The molecular formula is C12H16N2O4. The molecule has 18 heavy (non-hydrogen) atoms. The van der Waals surface area contributed by atoms with Crippen molar-refractivity contribution in [2.75, 3.05) is 19.0 Å². The summed E-state index contributed by atoms with van der Waals surface area (Å²) >= 11 is 0. The molecule has 98 valence electrons. The van der Waals surface area contributed by atoms with Gasteiger partial charge in [0.1, 0.15) is 5.69 Å². The predicted octanol–water partition coefficient (Wildman–Crippen LogP) is 2.24. The summed E-state index contributed by atoms with van der Waals surface area (Å²) in [5, 5.41) is 13.9. The zero-order valence-corrected chi connectivity index (χ0v) is 10.6. The van der Waals surface area contributed by atoms with E-state index in [1.54, 1.807) is 19.2 Å². The van der Waals surface area contributed by atoms with E-state index >= 15 is 0 Å². The Hall–Kier alpha value is -1.95. The van der Waals surface area contributed by atoms with Crippen LogP contribution in [0.3, 0.4) is 0 Å². The van der Waals surface area contributed by atoms with Crippen LogP contribution in [-0.4, -0.2) is 30.5 Å². The Morgan fingerprint density at radius 3 is 2.72 bits per heavy atom. The Kier molecular flexibility index (Phi) is 4.79. The molecule has 1 atom stereocenters. The van der Waals surface area contributed by atoms with Crippen molar-refractivity contribution < 1.29 is 14.5 Å². The molecule has 0 aromatic heterocycles. The SMILES string of the molecule is COCC(C)Nc1ccc(C(C)=O)cc1[N+](=O)[O-]. The predicted molar refractivity (Wildman–Crippen MR) is 68.1 cm³/mol. The minimum atomic E-state index is -0.506. The van der Waals surface area contributed by atoms with Gasteiger partial charge in [-0.15, -0.1) is 0 Å². The molecule has 0 fully saturated rings. The van der Waals surface area contributed by atoms with Crippen molar-refractivity contribution in [3.63, 3.8) is 0 Å². The molecule has 0 aliphatic heterocycles. The van der Waals surface area contributed by atoms with E-state index in [0.29, 0.717) is 17.9 Å². The minimum Gasteiger partial charge on any atom is -0.383 e. The van der Waals surface area contributed by atoms with E-state index in [2.05, 4.69) is 5.32 Å². The van der Waals surface area contributed by atoms with Crippen molar-refractivity contribution in [1.82, 2.24) is 0 Å². The standard InChI is InChI=1S/C12H16N2O4/c1-8(7-18-3)13-11-5-4-10(9(2)15)6-12(11)14(16)17/h4-6,8,13H,7H2,1-3H3. The number of carbonyl (C=O) groups excluding carboxylic acids is 1. The topological polar surface area (TPSA) is 81.5 Å². The summed E-state index contributed by atoms with van der Waals surface area (Å²) in [5.74, 6) is -0.199. The molecule has 0 bridgehead atoms. The van der Waals surface area contributed by atoms with Crippen molar-refractivity contribution in [3.05, 3.63) is 33.9 Å². The molecule has 1 unspecified atom stereocenters. The molecule has 0 aliphatic rings. The van der Waals surface area contributed by atoms with E-state index in [-0.39, 0.29) is 17.5 Å². The first kappa shape index (κ1) is 14.1. The summed E-state index contributed by atoms with van der Waals surface area (Å²) in [6, 6.07) is 4.33. The molecule has 1 aromatic rings. The van der Waals surface area contributed by atoms with E-state index in [1.165, 1.54) is 13.0 Å². The highest BCUT2D eigenvalue weighted by Gasteiger charge is 2.17. The van der Waals surface area contributed by atoms with Crippen LogP contribution in [-0.2, 0) is 4.74 Å². The number of nitro benzene ring substituents is 1. The Labute approximate surface area is 105 Å². The maximum atomic E-state index is 11.2. The van der Waals surface area contributed by atoms with Crippen LogP contribution in [0.1, 0.15) is 24.2 Å². The van der Waals surface area contributed by atoms with Gasteiger partial charge in [-0.3, -0.25) is 14.9 Å². The Morgan fingerprint density at radius 2 is 2.22 bits per heavy atom. The van der Waals surface area contributed by atoms with Gasteiger partial charge in [-0.2, -0.15) is 0 Å². The molecule has 0 aliphatic carbocycles. The highest BCUT2D eigenvalue weighted by atomic mass is 16.6. The van der Waals surface area contributed by atoms with Gasteiger partial charge in [-0.05, 0) is 26.0 Å². The third-order valence-electron chi connectivity index (χ3n) is 2.42. The first-order valence-electron chi connectivity index (χ1n) is 5.50. The average Bonchev–Trinajstić information content (AvgIpc) is 2.29. The average molecular weight is 252 g/mol. The highest BCUT2D eigenvalue weighted by Crippen LogP contribution is 2.26. The normalized spacial score (nSPS) is 11.9. The van der Waals surface area contributed by atoms with Crippen LogP contribution in [0.15, 0.2) is 18.2 Å². The largest absolute Gasteiger partial charge is 0.383 e. The van der Waals surface area contributed by atoms with Crippen molar-refractivity contribution in [1.29, 1.82) is 0 Å². The lowest BCUT2D eigenvalue weighted by molar-refractivity contribution is -0.384. The number of carbonyl (C=O) groups is 1. The van der Waals surface area contributed by atoms with Crippen molar-refractivity contribution in [3.8, 4) is 0 Å². The lowest BCUT2D eigenvalue weighted by Gasteiger charge is -2.14. The number of nitro groups is 1. The molecule has 0 saturated carbocycles. The van der Waals surface area contributed by atoms with Gasteiger partial charge in [0.05, 0.1) is 11.5 Å². The van der Waals surface area contributed by atoms with Gasteiger partial charge < -0.3 is 10.1 Å². The molecule has 1 aromatic carbocycles. The number of ketones is 1. The molecule has 0 amide bonds. The molecule has 1 N–H and O–H groups in total. The fourth-order valence-corrected chi connectivity index (χ4v) is 1.58. The first-order chi connectivity index (χ1) is 8.45. The second kappa shape index (κ2) is 6.11. The number of ether oxygens (including phenoxy) is 1. The number of nitrogens with one attached hydrogen (secondary N) is 1. The van der Waals surface area contributed by atoms with E-state index in [0.717, 1.165) is 0 Å². The third-order valence-corrected chi connectivity index (χ3v) is 2.42. The number of methoxy groups -OCH3 is 1. The zero-order chi connectivity index (χ0) is 13.7. The first-order valence-corrected chi connectivity index (χ1v) is 5.50. The second-order valence-corrected chi connectivity index (χ2v) is 4.05. The van der Waals surface area contributed by atoms with Crippen LogP contribution in [0, 0.1) is 10.1 Å². The lowest BCUT2D eigenvalue weighted by atomic mass is 10.1. The van der Waals surface area contributed by atoms with E-state index in [9.17, 15) is 14.9 Å². The van der Waals surface area contributed by atoms with Crippen LogP contribution in [0.4, 0.5) is 11.4 Å². The number of hydrogen-bond donors (Lipinski definition) is 1. The van der Waals surface area contributed by atoms with E-state index in [1.807, 2.05) is 6.92 Å².